The number of hydrogen-bond donors (Lipinski definition) is 2. The molecule has 0 radical (unpaired) electrons. The molecule has 7 rings (SSSR count). The Morgan fingerprint density at radius 1 is 1.20 bits per heavy atom. The summed E-state index contributed by atoms with van der Waals surface area (Å²) in [5, 5.41) is 15.2. The molecule has 0 bridgehead atoms. The maximum atomic E-state index is 15.2. The number of aromatic nitrogens is 2. The maximum Gasteiger partial charge on any atom is 0.410 e. The number of aliphatic hydroxyl groups is 1. The van der Waals surface area contributed by atoms with E-state index < -0.39 is 40.8 Å². The highest BCUT2D eigenvalue weighted by Crippen LogP contribution is 2.46. The molecule has 11 nitrogen and oxygen atoms in total. The van der Waals surface area contributed by atoms with E-state index in [0.29, 0.717) is 35.3 Å². The number of pyridine rings is 2. The monoisotopic (exact) mass is 618 g/mol. The molecule has 1 aliphatic carbocycles. The van der Waals surface area contributed by atoms with Gasteiger partial charge in [-0.1, -0.05) is 6.92 Å². The number of fused-ring (bicyclic) bond motifs is 5. The molecule has 12 heteroatoms. The predicted molar refractivity (Wildman–Crippen MR) is 160 cm³/mol. The number of esters is 1. The van der Waals surface area contributed by atoms with Crippen molar-refractivity contribution in [1.29, 1.82) is 0 Å². The van der Waals surface area contributed by atoms with Crippen molar-refractivity contribution in [3.63, 3.8) is 0 Å². The Bertz CT molecular complexity index is 1910. The first-order valence-corrected chi connectivity index (χ1v) is 15.3. The minimum atomic E-state index is -1.97. The van der Waals surface area contributed by atoms with Gasteiger partial charge >= 0.3 is 12.1 Å². The van der Waals surface area contributed by atoms with Gasteiger partial charge in [0.2, 0.25) is 5.91 Å². The van der Waals surface area contributed by atoms with Crippen LogP contribution in [0.2, 0.25) is 0 Å². The molecule has 4 aliphatic rings. The highest BCUT2D eigenvalue weighted by atomic mass is 19.1. The van der Waals surface area contributed by atoms with Crippen LogP contribution in [0.1, 0.15) is 80.0 Å². The van der Waals surface area contributed by atoms with Crippen LogP contribution in [0.5, 0.6) is 0 Å². The van der Waals surface area contributed by atoms with Crippen LogP contribution >= 0.6 is 0 Å². The van der Waals surface area contributed by atoms with E-state index in [1.54, 1.807) is 45.3 Å². The molecule has 1 aromatic carbocycles. The average molecular weight is 619 g/mol. The molecule has 0 saturated carbocycles. The molecule has 5 heterocycles. The normalized spacial score (nSPS) is 21.9. The zero-order valence-corrected chi connectivity index (χ0v) is 25.9. The van der Waals surface area contributed by atoms with Crippen LogP contribution in [-0.4, -0.2) is 56.2 Å². The van der Waals surface area contributed by atoms with Crippen LogP contribution in [0.25, 0.3) is 22.3 Å². The Morgan fingerprint density at radius 3 is 2.62 bits per heavy atom. The summed E-state index contributed by atoms with van der Waals surface area (Å²) in [6, 6.07) is 2.56. The number of cyclic esters (lactones) is 1. The summed E-state index contributed by atoms with van der Waals surface area (Å²) in [6.45, 7) is 9.13. The van der Waals surface area contributed by atoms with E-state index >= 15 is 4.39 Å². The number of aryl methyl sites for hydroxylation is 1. The van der Waals surface area contributed by atoms with E-state index in [1.165, 1.54) is 11.0 Å². The summed E-state index contributed by atoms with van der Waals surface area (Å²) in [4.78, 5) is 58.7. The summed E-state index contributed by atoms with van der Waals surface area (Å²) in [5.74, 6) is -1.81. The van der Waals surface area contributed by atoms with Gasteiger partial charge in [0.05, 0.1) is 41.0 Å². The SMILES string of the molecule is CC[C@@]1(O)C(=O)OCc2c1cc1n(c2=O)Cc2c-1nc1cc(F)c(C)c3c1c2[C@@H](NC(=O)C1CN(C(=O)OC(C)(C)C)C1)CC3. The Morgan fingerprint density at radius 2 is 1.93 bits per heavy atom. The lowest BCUT2D eigenvalue weighted by atomic mass is 9.81. The van der Waals surface area contributed by atoms with E-state index in [-0.39, 0.29) is 55.5 Å². The number of rotatable bonds is 3. The van der Waals surface area contributed by atoms with Gasteiger partial charge in [0, 0.05) is 35.7 Å². The lowest BCUT2D eigenvalue weighted by molar-refractivity contribution is -0.172. The Labute approximate surface area is 258 Å². The third-order valence-electron chi connectivity index (χ3n) is 9.60. The lowest BCUT2D eigenvalue weighted by Gasteiger charge is -2.40. The third-order valence-corrected chi connectivity index (χ3v) is 9.60. The topological polar surface area (TPSA) is 140 Å². The van der Waals surface area contributed by atoms with Crippen molar-refractivity contribution in [3.8, 4) is 11.4 Å². The van der Waals surface area contributed by atoms with Crippen molar-refractivity contribution < 1.29 is 33.4 Å². The van der Waals surface area contributed by atoms with Crippen LogP contribution < -0.4 is 10.9 Å². The van der Waals surface area contributed by atoms with Gasteiger partial charge in [0.25, 0.3) is 5.56 Å². The standard InChI is InChI=1S/C33H35FN4O7/c1-6-33(43)20-9-24-27-18(13-38(24)29(40)19(20)14-44-30(33)41)26-22(8-7-17-15(2)21(34)10-23(35-27)25(17)26)36-28(39)16-11-37(12-16)31(42)45-32(3,4)5/h9-10,16,22,43H,6-8,11-14H2,1-5H3,(H,36,39)/t22-,33-/m0/s1. The van der Waals surface area contributed by atoms with Crippen LogP contribution in [0.4, 0.5) is 9.18 Å². The van der Waals surface area contributed by atoms with E-state index in [2.05, 4.69) is 5.32 Å². The first kappa shape index (κ1) is 29.4. The van der Waals surface area contributed by atoms with E-state index in [9.17, 15) is 24.3 Å². The second-order valence-corrected chi connectivity index (χ2v) is 13.5. The second kappa shape index (κ2) is 9.84. The zero-order valence-electron chi connectivity index (χ0n) is 25.9. The van der Waals surface area contributed by atoms with E-state index in [1.807, 2.05) is 0 Å². The Hall–Kier alpha value is -4.32. The number of nitrogens with one attached hydrogen (secondary N) is 1. The molecule has 45 heavy (non-hydrogen) atoms. The molecule has 1 saturated heterocycles. The number of likely N-dealkylation sites (tertiary alicyclic amines) is 1. The molecule has 1 fully saturated rings. The van der Waals surface area contributed by atoms with Crippen molar-refractivity contribution in [3.05, 3.63) is 61.7 Å². The highest BCUT2D eigenvalue weighted by molar-refractivity contribution is 5.94. The highest BCUT2D eigenvalue weighted by Gasteiger charge is 2.46. The van der Waals surface area contributed by atoms with Gasteiger partial charge in [-0.3, -0.25) is 9.59 Å². The van der Waals surface area contributed by atoms with E-state index in [0.717, 1.165) is 22.1 Å². The number of ether oxygens (including phenoxy) is 2. The fourth-order valence-electron chi connectivity index (χ4n) is 7.11. The molecule has 2 amide bonds. The lowest BCUT2D eigenvalue weighted by Crippen LogP contribution is -2.57. The van der Waals surface area contributed by atoms with Gasteiger partial charge in [0.1, 0.15) is 18.0 Å². The van der Waals surface area contributed by atoms with Gasteiger partial charge in [-0.25, -0.2) is 19.0 Å². The molecule has 2 aromatic heterocycles. The molecule has 2 atom stereocenters. The van der Waals surface area contributed by atoms with Crippen LogP contribution in [0.3, 0.4) is 0 Å². The van der Waals surface area contributed by atoms with Gasteiger partial charge in [0.15, 0.2) is 5.60 Å². The zero-order chi connectivity index (χ0) is 32.2. The quantitative estimate of drug-likeness (QED) is 0.333. The average Bonchev–Trinajstić information content (AvgIpc) is 3.31. The first-order chi connectivity index (χ1) is 21.2. The minimum Gasteiger partial charge on any atom is -0.458 e. The minimum absolute atomic E-state index is 0.0134. The van der Waals surface area contributed by atoms with Crippen molar-refractivity contribution in [2.45, 2.75) is 84.3 Å². The summed E-state index contributed by atoms with van der Waals surface area (Å²) in [5.41, 5.74) is 1.53. The predicted octanol–water partition coefficient (Wildman–Crippen LogP) is 3.50. The van der Waals surface area contributed by atoms with Crippen LogP contribution in [0, 0.1) is 18.7 Å². The second-order valence-electron chi connectivity index (χ2n) is 13.5. The van der Waals surface area contributed by atoms with Crippen LogP contribution in [-0.2, 0) is 44.2 Å². The summed E-state index contributed by atoms with van der Waals surface area (Å²) in [6.07, 6.45) is 0.588. The summed E-state index contributed by atoms with van der Waals surface area (Å²) < 4.78 is 27.3. The number of carbonyl (C=O) groups is 3. The Kier molecular flexibility index (Phi) is 6.43. The number of benzene rings is 1. The molecular formula is C33H35FN4O7. The smallest absolute Gasteiger partial charge is 0.410 e. The fraction of sp³-hybridized carbons (Fsp3) is 0.485. The summed E-state index contributed by atoms with van der Waals surface area (Å²) in [7, 11) is 0. The molecule has 2 N–H and O–H groups in total. The Balaban J connectivity index is 1.29. The molecule has 0 spiro atoms. The van der Waals surface area contributed by atoms with Gasteiger partial charge < -0.3 is 29.4 Å². The van der Waals surface area contributed by atoms with Gasteiger partial charge in [-0.15, -0.1) is 0 Å². The molecule has 3 aliphatic heterocycles. The van der Waals surface area contributed by atoms with Gasteiger partial charge in [-0.2, -0.15) is 0 Å². The largest absolute Gasteiger partial charge is 0.458 e. The number of halogens is 1. The third kappa shape index (κ3) is 4.36. The number of amides is 2. The van der Waals surface area contributed by atoms with Gasteiger partial charge in [-0.05, 0) is 69.7 Å². The number of carbonyl (C=O) groups excluding carboxylic acids is 3. The van der Waals surface area contributed by atoms with E-state index in [4.69, 9.17) is 14.5 Å². The van der Waals surface area contributed by atoms with Crippen molar-refractivity contribution in [2.24, 2.45) is 5.92 Å². The molecule has 0 unspecified atom stereocenters. The van der Waals surface area contributed by atoms with Crippen molar-refractivity contribution in [1.82, 2.24) is 19.8 Å². The van der Waals surface area contributed by atoms with Crippen molar-refractivity contribution in [2.75, 3.05) is 13.1 Å². The van der Waals surface area contributed by atoms with Crippen LogP contribution in [0.15, 0.2) is 16.9 Å². The van der Waals surface area contributed by atoms with Crippen molar-refractivity contribution >= 4 is 28.9 Å². The first-order valence-electron chi connectivity index (χ1n) is 15.3. The molecule has 3 aromatic rings. The molecular weight excluding hydrogens is 583 g/mol. The number of hydrogen-bond acceptors (Lipinski definition) is 8. The fourth-order valence-corrected chi connectivity index (χ4v) is 7.11. The number of nitrogens with zero attached hydrogens (tertiary/aromatic N) is 3. The molecule has 236 valence electrons. The summed E-state index contributed by atoms with van der Waals surface area (Å²) >= 11 is 0. The maximum absolute atomic E-state index is 15.2.